The molecule has 0 radical (unpaired) electrons. The lowest BCUT2D eigenvalue weighted by atomic mass is 10.2. The number of aromatic nitrogens is 2. The first-order valence-electron chi connectivity index (χ1n) is 4.99. The molecule has 0 aromatic carbocycles. The van der Waals surface area contributed by atoms with Gasteiger partial charge in [0.25, 0.3) is 0 Å². The first kappa shape index (κ1) is 12.1. The smallest absolute Gasteiger partial charge is 0.191 e. The van der Waals surface area contributed by atoms with E-state index in [1.807, 2.05) is 19.4 Å². The third kappa shape index (κ3) is 2.99. The summed E-state index contributed by atoms with van der Waals surface area (Å²) in [5, 5.41) is 0.722. The predicted molar refractivity (Wildman–Crippen MR) is 66.4 cm³/mol. The summed E-state index contributed by atoms with van der Waals surface area (Å²) in [6.07, 6.45) is 3.02. The van der Waals surface area contributed by atoms with Gasteiger partial charge in [-0.25, -0.2) is 9.97 Å². The fourth-order valence-electron chi connectivity index (χ4n) is 1.20. The van der Waals surface area contributed by atoms with Crippen LogP contribution in [0.1, 0.15) is 20.3 Å². The molecule has 0 amide bonds. The average molecular weight is 226 g/mol. The minimum atomic E-state index is 0.453. The standard InChI is InChI=1S/C10H18N4S/c1-5-7(2)14(3)9-6-8(11)12-10(13-9)15-4/h6-7H,5H2,1-4H3,(H2,11,12,13). The van der Waals surface area contributed by atoms with Crippen molar-refractivity contribution in [3.8, 4) is 0 Å². The van der Waals surface area contributed by atoms with Crippen LogP contribution < -0.4 is 10.6 Å². The van der Waals surface area contributed by atoms with Crippen molar-refractivity contribution in [1.29, 1.82) is 0 Å². The van der Waals surface area contributed by atoms with Crippen LogP contribution in [0.15, 0.2) is 11.2 Å². The van der Waals surface area contributed by atoms with Crippen molar-refractivity contribution in [2.75, 3.05) is 23.9 Å². The Bertz CT molecular complexity index is 329. The van der Waals surface area contributed by atoms with Crippen LogP contribution in [0.4, 0.5) is 11.6 Å². The van der Waals surface area contributed by atoms with E-state index in [0.29, 0.717) is 11.9 Å². The Balaban J connectivity index is 2.97. The van der Waals surface area contributed by atoms with Crippen molar-refractivity contribution < 1.29 is 0 Å². The van der Waals surface area contributed by atoms with Crippen LogP contribution in [0.2, 0.25) is 0 Å². The van der Waals surface area contributed by atoms with Gasteiger partial charge in [0.2, 0.25) is 0 Å². The number of thioether (sulfide) groups is 1. The summed E-state index contributed by atoms with van der Waals surface area (Å²) in [6, 6.07) is 2.26. The summed E-state index contributed by atoms with van der Waals surface area (Å²) < 4.78 is 0. The van der Waals surface area contributed by atoms with Gasteiger partial charge in [-0.15, -0.1) is 0 Å². The van der Waals surface area contributed by atoms with Crippen molar-refractivity contribution in [3.05, 3.63) is 6.07 Å². The number of hydrogen-bond donors (Lipinski definition) is 1. The van der Waals surface area contributed by atoms with Crippen LogP contribution >= 0.6 is 11.8 Å². The van der Waals surface area contributed by atoms with Crippen LogP contribution in [-0.4, -0.2) is 29.3 Å². The zero-order valence-electron chi connectivity index (χ0n) is 9.69. The number of rotatable bonds is 4. The lowest BCUT2D eigenvalue weighted by Gasteiger charge is -2.25. The molecule has 1 rings (SSSR count). The maximum atomic E-state index is 5.72. The van der Waals surface area contributed by atoms with E-state index in [0.717, 1.165) is 17.4 Å². The van der Waals surface area contributed by atoms with Gasteiger partial charge in [-0.1, -0.05) is 18.7 Å². The summed E-state index contributed by atoms with van der Waals surface area (Å²) in [4.78, 5) is 10.7. The minimum Gasteiger partial charge on any atom is -0.383 e. The van der Waals surface area contributed by atoms with Gasteiger partial charge in [0.1, 0.15) is 11.6 Å². The van der Waals surface area contributed by atoms with E-state index in [4.69, 9.17) is 5.73 Å². The molecular formula is C10H18N4S. The van der Waals surface area contributed by atoms with Crippen LogP contribution in [0.25, 0.3) is 0 Å². The fourth-order valence-corrected chi connectivity index (χ4v) is 1.58. The van der Waals surface area contributed by atoms with E-state index in [-0.39, 0.29) is 0 Å². The first-order valence-corrected chi connectivity index (χ1v) is 6.22. The molecule has 1 heterocycles. The normalized spacial score (nSPS) is 12.5. The van der Waals surface area contributed by atoms with Crippen molar-refractivity contribution >= 4 is 23.4 Å². The zero-order chi connectivity index (χ0) is 11.4. The molecule has 84 valence electrons. The van der Waals surface area contributed by atoms with Gasteiger partial charge < -0.3 is 10.6 Å². The molecule has 0 aliphatic heterocycles. The molecule has 1 unspecified atom stereocenters. The summed E-state index contributed by atoms with van der Waals surface area (Å²) >= 11 is 1.50. The molecule has 0 fully saturated rings. The highest BCUT2D eigenvalue weighted by Crippen LogP contribution is 2.19. The molecule has 0 spiro atoms. The minimum absolute atomic E-state index is 0.453. The Morgan fingerprint density at radius 1 is 1.53 bits per heavy atom. The summed E-state index contributed by atoms with van der Waals surface area (Å²) in [5.41, 5.74) is 5.72. The molecule has 5 heteroatoms. The molecule has 2 N–H and O–H groups in total. The van der Waals surface area contributed by atoms with E-state index in [9.17, 15) is 0 Å². The molecule has 0 saturated heterocycles. The van der Waals surface area contributed by atoms with Crippen molar-refractivity contribution in [1.82, 2.24) is 9.97 Å². The molecule has 15 heavy (non-hydrogen) atoms. The second kappa shape index (κ2) is 5.21. The van der Waals surface area contributed by atoms with Gasteiger partial charge in [0.15, 0.2) is 5.16 Å². The van der Waals surface area contributed by atoms with Crippen molar-refractivity contribution in [3.63, 3.8) is 0 Å². The first-order chi connectivity index (χ1) is 7.08. The van der Waals surface area contributed by atoms with Crippen LogP contribution in [0.3, 0.4) is 0 Å². The summed E-state index contributed by atoms with van der Waals surface area (Å²) in [5.74, 6) is 1.42. The fraction of sp³-hybridized carbons (Fsp3) is 0.600. The zero-order valence-corrected chi connectivity index (χ0v) is 10.5. The van der Waals surface area contributed by atoms with Crippen LogP contribution in [0, 0.1) is 0 Å². The predicted octanol–water partition coefficient (Wildman–Crippen LogP) is 2.02. The Kier molecular flexibility index (Phi) is 4.20. The van der Waals surface area contributed by atoms with Gasteiger partial charge in [-0.2, -0.15) is 0 Å². The topological polar surface area (TPSA) is 55.0 Å². The summed E-state index contributed by atoms with van der Waals surface area (Å²) in [6.45, 7) is 4.32. The average Bonchev–Trinajstić information content (AvgIpc) is 2.26. The van der Waals surface area contributed by atoms with Crippen LogP contribution in [0.5, 0.6) is 0 Å². The lowest BCUT2D eigenvalue weighted by molar-refractivity contribution is 0.652. The quantitative estimate of drug-likeness (QED) is 0.629. The molecule has 1 aromatic rings. The molecule has 0 aliphatic carbocycles. The third-order valence-corrected chi connectivity index (χ3v) is 3.06. The molecule has 0 aliphatic rings. The van der Waals surface area contributed by atoms with Crippen molar-refractivity contribution in [2.45, 2.75) is 31.5 Å². The number of nitrogens with zero attached hydrogens (tertiary/aromatic N) is 3. The lowest BCUT2D eigenvalue weighted by Crippen LogP contribution is -2.29. The van der Waals surface area contributed by atoms with Gasteiger partial charge in [0.05, 0.1) is 0 Å². The Labute approximate surface area is 95.3 Å². The molecule has 0 bridgehead atoms. The van der Waals surface area contributed by atoms with Gasteiger partial charge in [-0.3, -0.25) is 0 Å². The van der Waals surface area contributed by atoms with Crippen LogP contribution in [-0.2, 0) is 0 Å². The Hall–Kier alpha value is -0.970. The van der Waals surface area contributed by atoms with Crippen molar-refractivity contribution in [2.24, 2.45) is 0 Å². The van der Waals surface area contributed by atoms with Gasteiger partial charge >= 0.3 is 0 Å². The van der Waals surface area contributed by atoms with Gasteiger partial charge in [-0.05, 0) is 19.6 Å². The van der Waals surface area contributed by atoms with E-state index in [1.54, 1.807) is 0 Å². The number of anilines is 2. The van der Waals surface area contributed by atoms with Gasteiger partial charge in [0, 0.05) is 19.2 Å². The highest BCUT2D eigenvalue weighted by atomic mass is 32.2. The highest BCUT2D eigenvalue weighted by molar-refractivity contribution is 7.98. The third-order valence-electron chi connectivity index (χ3n) is 2.51. The number of nitrogen functional groups attached to an aromatic ring is 1. The maximum Gasteiger partial charge on any atom is 0.191 e. The van der Waals surface area contributed by atoms with E-state index in [1.165, 1.54) is 11.8 Å². The molecule has 4 nitrogen and oxygen atoms in total. The molecular weight excluding hydrogens is 208 g/mol. The molecule has 1 aromatic heterocycles. The highest BCUT2D eigenvalue weighted by Gasteiger charge is 2.11. The Morgan fingerprint density at radius 3 is 2.73 bits per heavy atom. The van der Waals surface area contributed by atoms with E-state index < -0.39 is 0 Å². The monoisotopic (exact) mass is 226 g/mol. The number of nitrogens with two attached hydrogens (primary N) is 1. The SMILES string of the molecule is CCC(C)N(C)c1cc(N)nc(SC)n1. The second-order valence-corrected chi connectivity index (χ2v) is 4.28. The summed E-state index contributed by atoms with van der Waals surface area (Å²) in [7, 11) is 2.03. The van der Waals surface area contributed by atoms with E-state index in [2.05, 4.69) is 28.7 Å². The molecule has 0 saturated carbocycles. The maximum absolute atomic E-state index is 5.72. The number of hydrogen-bond acceptors (Lipinski definition) is 5. The van der Waals surface area contributed by atoms with E-state index >= 15 is 0 Å². The second-order valence-electron chi connectivity index (χ2n) is 3.51. The molecule has 1 atom stereocenters. The largest absolute Gasteiger partial charge is 0.383 e. The Morgan fingerprint density at radius 2 is 2.20 bits per heavy atom.